The van der Waals surface area contributed by atoms with E-state index in [9.17, 15) is 24.3 Å². The SMILES string of the molecule is CNC(=O)[C@H](C)C[C@H](O)[C@H](CC1CCCCC1)NC(=O)[C@H](Cc1cscn1)NC(=O)C(CC(=O)N1CCOCC1)Cc1ccccc1. The molecule has 2 aliphatic rings. The Bertz CT molecular complexity index is 1270. The molecule has 4 amide bonds. The Balaban J connectivity index is 1.53. The van der Waals surface area contributed by atoms with Gasteiger partial charge in [-0.15, -0.1) is 11.3 Å². The Labute approximate surface area is 282 Å². The topological polar surface area (TPSA) is 150 Å². The number of hydrogen-bond acceptors (Lipinski definition) is 8. The number of benzene rings is 1. The maximum absolute atomic E-state index is 14.1. The molecule has 2 aromatic rings. The second kappa shape index (κ2) is 18.8. The third-order valence-electron chi connectivity index (χ3n) is 9.40. The van der Waals surface area contributed by atoms with Gasteiger partial charge in [0, 0.05) is 44.3 Å². The van der Waals surface area contributed by atoms with Crippen molar-refractivity contribution in [3.05, 3.63) is 52.5 Å². The molecule has 47 heavy (non-hydrogen) atoms. The minimum absolute atomic E-state index is 0.00612. The van der Waals surface area contributed by atoms with Crippen LogP contribution in [0.1, 0.15) is 69.5 Å². The fourth-order valence-electron chi connectivity index (χ4n) is 6.61. The van der Waals surface area contributed by atoms with E-state index in [4.69, 9.17) is 4.74 Å². The Hall–Kier alpha value is -3.35. The summed E-state index contributed by atoms with van der Waals surface area (Å²) in [5.41, 5.74) is 3.27. The van der Waals surface area contributed by atoms with Crippen LogP contribution in [-0.2, 0) is 36.8 Å². The molecule has 2 fully saturated rings. The number of morpholine rings is 1. The average Bonchev–Trinajstić information content (AvgIpc) is 3.61. The van der Waals surface area contributed by atoms with E-state index < -0.39 is 35.9 Å². The summed E-state index contributed by atoms with van der Waals surface area (Å²) in [7, 11) is 1.57. The normalized spacial score (nSPS) is 18.7. The van der Waals surface area contributed by atoms with Gasteiger partial charge >= 0.3 is 0 Å². The highest BCUT2D eigenvalue weighted by Gasteiger charge is 2.33. The number of carbonyl (C=O) groups is 4. The fourth-order valence-corrected chi connectivity index (χ4v) is 7.18. The lowest BCUT2D eigenvalue weighted by Gasteiger charge is -2.32. The molecule has 1 saturated heterocycles. The molecule has 1 aliphatic heterocycles. The zero-order chi connectivity index (χ0) is 33.6. The van der Waals surface area contributed by atoms with Gasteiger partial charge in [0.1, 0.15) is 6.04 Å². The highest BCUT2D eigenvalue weighted by atomic mass is 32.1. The van der Waals surface area contributed by atoms with E-state index in [0.29, 0.717) is 50.8 Å². The Morgan fingerprint density at radius 3 is 2.38 bits per heavy atom. The maximum atomic E-state index is 14.1. The summed E-state index contributed by atoms with van der Waals surface area (Å²) in [5.74, 6) is -1.88. The van der Waals surface area contributed by atoms with Gasteiger partial charge in [-0.2, -0.15) is 0 Å². The number of nitrogens with one attached hydrogen (secondary N) is 3. The van der Waals surface area contributed by atoms with Crippen LogP contribution < -0.4 is 16.0 Å². The van der Waals surface area contributed by atoms with Crippen molar-refractivity contribution in [3.63, 3.8) is 0 Å². The average molecular weight is 670 g/mol. The van der Waals surface area contributed by atoms with Crippen molar-refractivity contribution >= 4 is 35.0 Å². The minimum atomic E-state index is -0.973. The van der Waals surface area contributed by atoms with Crippen molar-refractivity contribution in [1.29, 1.82) is 0 Å². The van der Waals surface area contributed by atoms with Crippen molar-refractivity contribution in [2.75, 3.05) is 33.4 Å². The Morgan fingerprint density at radius 2 is 1.72 bits per heavy atom. The van der Waals surface area contributed by atoms with Crippen molar-refractivity contribution < 1.29 is 29.0 Å². The number of hydrogen-bond donors (Lipinski definition) is 4. The van der Waals surface area contributed by atoms with E-state index >= 15 is 0 Å². The first-order valence-corrected chi connectivity index (χ1v) is 17.9. The van der Waals surface area contributed by atoms with Gasteiger partial charge in [0.15, 0.2) is 0 Å². The Kier molecular flexibility index (Phi) is 14.6. The number of rotatable bonds is 16. The van der Waals surface area contributed by atoms with Crippen LogP contribution >= 0.6 is 11.3 Å². The number of aromatic nitrogens is 1. The highest BCUT2D eigenvalue weighted by Crippen LogP contribution is 2.29. The number of amides is 4. The second-order valence-corrected chi connectivity index (χ2v) is 13.7. The van der Waals surface area contributed by atoms with Crippen molar-refractivity contribution in [2.45, 2.75) is 89.3 Å². The molecule has 11 nitrogen and oxygen atoms in total. The first-order valence-electron chi connectivity index (χ1n) is 17.0. The van der Waals surface area contributed by atoms with Crippen LogP contribution in [0.2, 0.25) is 0 Å². The molecule has 2 heterocycles. The van der Waals surface area contributed by atoms with Crippen LogP contribution in [0.3, 0.4) is 0 Å². The van der Waals surface area contributed by atoms with Gasteiger partial charge in [-0.25, -0.2) is 4.98 Å². The molecule has 0 radical (unpaired) electrons. The predicted molar refractivity (Wildman–Crippen MR) is 180 cm³/mol. The maximum Gasteiger partial charge on any atom is 0.243 e. The standard InChI is InChI=1S/C35H51N5O6S/c1-24(33(43)36-2)17-31(41)29(19-26-11-7-4-8-12-26)38-35(45)30(21-28-22-47-23-37-28)39-34(44)27(18-25-9-5-3-6-10-25)20-32(42)40-13-15-46-16-14-40/h3,5-6,9-10,22-24,26-27,29-31,41H,4,7-8,11-21H2,1-2H3,(H,36,43)(H,38,45)(H,39,44)/t24-,27?,29+,30+,31+/m1/s1. The molecular weight excluding hydrogens is 618 g/mol. The van der Waals surface area contributed by atoms with Gasteiger partial charge in [0.2, 0.25) is 23.6 Å². The van der Waals surface area contributed by atoms with E-state index in [1.54, 1.807) is 24.4 Å². The molecule has 4 N–H and O–H groups in total. The lowest BCUT2D eigenvalue weighted by atomic mass is 9.82. The van der Waals surface area contributed by atoms with Gasteiger partial charge in [-0.05, 0) is 30.7 Å². The highest BCUT2D eigenvalue weighted by molar-refractivity contribution is 7.07. The zero-order valence-electron chi connectivity index (χ0n) is 27.7. The third-order valence-corrected chi connectivity index (χ3v) is 10.0. The van der Waals surface area contributed by atoms with E-state index in [2.05, 4.69) is 20.9 Å². The van der Waals surface area contributed by atoms with Crippen molar-refractivity contribution in [1.82, 2.24) is 25.8 Å². The van der Waals surface area contributed by atoms with Gasteiger partial charge in [0.25, 0.3) is 0 Å². The first-order chi connectivity index (χ1) is 22.7. The molecule has 258 valence electrons. The summed E-state index contributed by atoms with van der Waals surface area (Å²) in [4.78, 5) is 59.7. The largest absolute Gasteiger partial charge is 0.391 e. The van der Waals surface area contributed by atoms with E-state index in [1.807, 2.05) is 35.7 Å². The number of aliphatic hydroxyl groups excluding tert-OH is 1. The molecule has 12 heteroatoms. The third kappa shape index (κ3) is 11.7. The predicted octanol–water partition coefficient (Wildman–Crippen LogP) is 2.87. The zero-order valence-corrected chi connectivity index (χ0v) is 28.5. The summed E-state index contributed by atoms with van der Waals surface area (Å²) in [6, 6.07) is 7.99. The quantitative estimate of drug-likeness (QED) is 0.215. The van der Waals surface area contributed by atoms with Crippen LogP contribution in [0.25, 0.3) is 0 Å². The first kappa shape index (κ1) is 36.5. The van der Waals surface area contributed by atoms with Crippen LogP contribution in [0.4, 0.5) is 0 Å². The smallest absolute Gasteiger partial charge is 0.243 e. The van der Waals surface area contributed by atoms with E-state index in [0.717, 1.165) is 31.2 Å². The Morgan fingerprint density at radius 1 is 1.00 bits per heavy atom. The summed E-state index contributed by atoms with van der Waals surface area (Å²) in [6.45, 7) is 3.66. The molecule has 0 spiro atoms. The fraction of sp³-hybridized carbons (Fsp3) is 0.629. The van der Waals surface area contributed by atoms with Gasteiger partial charge in [0.05, 0.1) is 42.5 Å². The summed E-state index contributed by atoms with van der Waals surface area (Å²) in [6.07, 6.45) is 5.83. The summed E-state index contributed by atoms with van der Waals surface area (Å²) >= 11 is 1.40. The summed E-state index contributed by atoms with van der Waals surface area (Å²) < 4.78 is 5.40. The monoisotopic (exact) mass is 669 g/mol. The molecule has 4 rings (SSSR count). The molecule has 1 unspecified atom stereocenters. The molecule has 1 aromatic carbocycles. The van der Waals surface area contributed by atoms with Gasteiger partial charge in [-0.3, -0.25) is 19.2 Å². The lowest BCUT2D eigenvalue weighted by molar-refractivity contribution is -0.140. The van der Waals surface area contributed by atoms with Gasteiger partial charge < -0.3 is 30.7 Å². The molecule has 1 saturated carbocycles. The van der Waals surface area contributed by atoms with E-state index in [-0.39, 0.29) is 37.0 Å². The summed E-state index contributed by atoms with van der Waals surface area (Å²) in [5, 5.41) is 21.9. The number of nitrogens with zero attached hydrogens (tertiary/aromatic N) is 2. The van der Waals surface area contributed by atoms with E-state index in [1.165, 1.54) is 17.8 Å². The number of thiazole rings is 1. The molecule has 0 bridgehead atoms. The van der Waals surface area contributed by atoms with Crippen LogP contribution in [0, 0.1) is 17.8 Å². The van der Waals surface area contributed by atoms with Gasteiger partial charge in [-0.1, -0.05) is 69.4 Å². The minimum Gasteiger partial charge on any atom is -0.391 e. The number of ether oxygens (including phenoxy) is 1. The second-order valence-electron chi connectivity index (χ2n) is 13.0. The molecule has 1 aromatic heterocycles. The van der Waals surface area contributed by atoms with Crippen LogP contribution in [0.15, 0.2) is 41.2 Å². The van der Waals surface area contributed by atoms with Crippen molar-refractivity contribution in [3.8, 4) is 0 Å². The molecule has 1 aliphatic carbocycles. The van der Waals surface area contributed by atoms with Crippen LogP contribution in [-0.4, -0.2) is 90.2 Å². The van der Waals surface area contributed by atoms with Crippen LogP contribution in [0.5, 0.6) is 0 Å². The molecular formula is C35H51N5O6S. The number of aliphatic hydroxyl groups is 1. The lowest BCUT2D eigenvalue weighted by Crippen LogP contribution is -2.55. The number of carbonyl (C=O) groups excluding carboxylic acids is 4. The molecule has 5 atom stereocenters. The van der Waals surface area contributed by atoms with Crippen molar-refractivity contribution in [2.24, 2.45) is 17.8 Å².